The minimum Gasteiger partial charge on any atom is -0.497 e. The van der Waals surface area contributed by atoms with Crippen molar-refractivity contribution in [2.24, 2.45) is 0 Å². The number of likely N-dealkylation sites (tertiary alicyclic amines) is 1. The summed E-state index contributed by atoms with van der Waals surface area (Å²) in [5.74, 6) is -0.302. The van der Waals surface area contributed by atoms with E-state index in [1.54, 1.807) is 4.90 Å². The third-order valence-electron chi connectivity index (χ3n) is 7.10. The van der Waals surface area contributed by atoms with Gasteiger partial charge in [-0.1, -0.05) is 30.3 Å². The molecule has 4 rings (SSSR count). The van der Waals surface area contributed by atoms with Gasteiger partial charge in [0.1, 0.15) is 5.75 Å². The Hall–Kier alpha value is -3.81. The van der Waals surface area contributed by atoms with Crippen LogP contribution in [0.15, 0.2) is 60.7 Å². The summed E-state index contributed by atoms with van der Waals surface area (Å²) >= 11 is 0. The number of hydrogen-bond acceptors (Lipinski definition) is 3. The maximum Gasteiger partial charge on any atom is 0.416 e. The summed E-state index contributed by atoms with van der Waals surface area (Å²) in [6.45, 7) is 4.95. The van der Waals surface area contributed by atoms with Crippen molar-refractivity contribution in [3.8, 4) is 5.75 Å². The van der Waals surface area contributed by atoms with Crippen LogP contribution in [0.1, 0.15) is 56.9 Å². The molecule has 1 aliphatic heterocycles. The van der Waals surface area contributed by atoms with Gasteiger partial charge >= 0.3 is 6.18 Å². The zero-order valence-electron chi connectivity index (χ0n) is 21.7. The van der Waals surface area contributed by atoms with Gasteiger partial charge in [-0.25, -0.2) is 0 Å². The highest BCUT2D eigenvalue weighted by Gasteiger charge is 2.33. The lowest BCUT2D eigenvalue weighted by atomic mass is 9.89. The van der Waals surface area contributed by atoms with Crippen molar-refractivity contribution in [3.05, 3.63) is 94.0 Å². The smallest absolute Gasteiger partial charge is 0.416 e. The van der Waals surface area contributed by atoms with Crippen molar-refractivity contribution in [2.45, 2.75) is 45.2 Å². The molecule has 1 aliphatic rings. The van der Waals surface area contributed by atoms with Gasteiger partial charge in [-0.15, -0.1) is 0 Å². The van der Waals surface area contributed by atoms with Crippen LogP contribution in [-0.2, 0) is 17.4 Å². The highest BCUT2D eigenvalue weighted by Crippen LogP contribution is 2.34. The van der Waals surface area contributed by atoms with E-state index in [-0.39, 0.29) is 23.1 Å². The number of aryl methyl sites for hydroxylation is 2. The fourth-order valence-electron chi connectivity index (χ4n) is 4.75. The lowest BCUT2D eigenvalue weighted by molar-refractivity contribution is -0.137. The van der Waals surface area contributed by atoms with Crippen LogP contribution in [-0.4, -0.2) is 36.9 Å². The van der Waals surface area contributed by atoms with Crippen molar-refractivity contribution < 1.29 is 27.5 Å². The van der Waals surface area contributed by atoms with E-state index in [1.807, 2.05) is 56.3 Å². The van der Waals surface area contributed by atoms with Gasteiger partial charge in [0.15, 0.2) is 0 Å². The molecule has 8 heteroatoms. The average Bonchev–Trinajstić information content (AvgIpc) is 2.90. The number of carbonyl (C=O) groups is 2. The highest BCUT2D eigenvalue weighted by molar-refractivity contribution is 5.95. The number of amides is 2. The minimum absolute atomic E-state index is 0.000721. The Morgan fingerprint density at radius 3 is 2.24 bits per heavy atom. The van der Waals surface area contributed by atoms with Crippen LogP contribution in [0.2, 0.25) is 0 Å². The SMILES string of the molecule is COc1cc(C(=O)N2CCC(c3ccc(NC(=O)Cc4ccc(C)c(C)c4)cc3)CC2)cc(C(F)(F)F)c1. The Balaban J connectivity index is 1.33. The lowest BCUT2D eigenvalue weighted by Crippen LogP contribution is -2.38. The zero-order valence-corrected chi connectivity index (χ0v) is 21.7. The van der Waals surface area contributed by atoms with Crippen molar-refractivity contribution >= 4 is 17.5 Å². The summed E-state index contributed by atoms with van der Waals surface area (Å²) in [5, 5.41) is 2.94. The predicted octanol–water partition coefficient (Wildman–Crippen LogP) is 6.53. The average molecular weight is 525 g/mol. The molecule has 3 aromatic carbocycles. The number of halogens is 3. The molecule has 0 bridgehead atoms. The molecule has 0 spiro atoms. The van der Waals surface area contributed by atoms with E-state index < -0.39 is 17.6 Å². The van der Waals surface area contributed by atoms with Crippen LogP contribution in [0.25, 0.3) is 0 Å². The number of anilines is 1. The summed E-state index contributed by atoms with van der Waals surface area (Å²) in [7, 11) is 1.27. The molecule has 0 aliphatic carbocycles. The van der Waals surface area contributed by atoms with Crippen LogP contribution in [0.3, 0.4) is 0 Å². The van der Waals surface area contributed by atoms with Crippen LogP contribution >= 0.6 is 0 Å². The maximum absolute atomic E-state index is 13.2. The third kappa shape index (κ3) is 6.54. The number of alkyl halides is 3. The molecule has 1 N–H and O–H groups in total. The van der Waals surface area contributed by atoms with Crippen molar-refractivity contribution in [1.29, 1.82) is 0 Å². The van der Waals surface area contributed by atoms with E-state index in [9.17, 15) is 22.8 Å². The first-order chi connectivity index (χ1) is 18.0. The molecule has 200 valence electrons. The lowest BCUT2D eigenvalue weighted by Gasteiger charge is -2.32. The van der Waals surface area contributed by atoms with E-state index >= 15 is 0 Å². The summed E-state index contributed by atoms with van der Waals surface area (Å²) in [4.78, 5) is 27.0. The molecule has 38 heavy (non-hydrogen) atoms. The molecule has 1 fully saturated rings. The van der Waals surface area contributed by atoms with Crippen molar-refractivity contribution in [1.82, 2.24) is 4.90 Å². The first kappa shape index (κ1) is 27.2. The third-order valence-corrected chi connectivity index (χ3v) is 7.10. The van der Waals surface area contributed by atoms with Gasteiger partial charge in [-0.3, -0.25) is 9.59 Å². The van der Waals surface area contributed by atoms with Crippen molar-refractivity contribution in [3.63, 3.8) is 0 Å². The summed E-state index contributed by atoms with van der Waals surface area (Å²) < 4.78 is 44.7. The molecule has 0 unspecified atom stereocenters. The van der Waals surface area contributed by atoms with E-state index in [2.05, 4.69) is 5.32 Å². The number of carbonyl (C=O) groups excluding carboxylic acids is 2. The van der Waals surface area contributed by atoms with Gasteiger partial charge < -0.3 is 15.0 Å². The molecule has 0 aromatic heterocycles. The Labute approximate surface area is 220 Å². The number of benzene rings is 3. The number of nitrogens with zero attached hydrogens (tertiary/aromatic N) is 1. The molecule has 5 nitrogen and oxygen atoms in total. The molecule has 0 radical (unpaired) electrons. The highest BCUT2D eigenvalue weighted by atomic mass is 19.4. The second-order valence-electron chi connectivity index (χ2n) is 9.78. The van der Waals surface area contributed by atoms with Crippen LogP contribution in [0, 0.1) is 13.8 Å². The second kappa shape index (κ2) is 11.3. The number of rotatable bonds is 6. The summed E-state index contributed by atoms with van der Waals surface area (Å²) in [5.41, 5.74) is 4.19. The molecule has 3 aromatic rings. The molecule has 2 amide bonds. The Morgan fingerprint density at radius 1 is 0.947 bits per heavy atom. The van der Waals surface area contributed by atoms with Gasteiger partial charge in [0.25, 0.3) is 5.91 Å². The van der Waals surface area contributed by atoms with E-state index in [0.717, 1.165) is 28.8 Å². The molecule has 0 saturated carbocycles. The van der Waals surface area contributed by atoms with Gasteiger partial charge in [0, 0.05) is 24.3 Å². The van der Waals surface area contributed by atoms with Gasteiger partial charge in [-0.2, -0.15) is 13.2 Å². The van der Waals surface area contributed by atoms with Crippen LogP contribution in [0.5, 0.6) is 5.75 Å². The first-order valence-corrected chi connectivity index (χ1v) is 12.5. The second-order valence-corrected chi connectivity index (χ2v) is 9.78. The Morgan fingerprint density at radius 2 is 1.63 bits per heavy atom. The first-order valence-electron chi connectivity index (χ1n) is 12.5. The largest absolute Gasteiger partial charge is 0.497 e. The standard InChI is InChI=1S/C30H31F3N2O3/c1-19-4-5-21(14-20(19)2)15-28(36)34-26-8-6-22(7-9-26)23-10-12-35(13-11-23)29(37)24-16-25(30(31,32)33)18-27(17-24)38-3/h4-9,14,16-18,23H,10-13,15H2,1-3H3,(H,34,36). The quantitative estimate of drug-likeness (QED) is 0.399. The van der Waals surface area contributed by atoms with Crippen molar-refractivity contribution in [2.75, 3.05) is 25.5 Å². The Bertz CT molecular complexity index is 1310. The zero-order chi connectivity index (χ0) is 27.4. The summed E-state index contributed by atoms with van der Waals surface area (Å²) in [6, 6.07) is 16.8. The van der Waals surface area contributed by atoms with Gasteiger partial charge in [-0.05, 0) is 85.2 Å². The number of piperidine rings is 1. The monoisotopic (exact) mass is 524 g/mol. The predicted molar refractivity (Wildman–Crippen MR) is 141 cm³/mol. The normalized spacial score (nSPS) is 14.3. The van der Waals surface area contributed by atoms with Crippen LogP contribution < -0.4 is 10.1 Å². The number of hydrogen-bond donors (Lipinski definition) is 1. The number of ether oxygens (including phenoxy) is 1. The minimum atomic E-state index is -4.57. The molecular formula is C30H31F3N2O3. The van der Waals surface area contributed by atoms with E-state index in [0.29, 0.717) is 38.0 Å². The summed E-state index contributed by atoms with van der Waals surface area (Å²) in [6.07, 6.45) is -2.88. The fraction of sp³-hybridized carbons (Fsp3) is 0.333. The molecule has 1 saturated heterocycles. The molecular weight excluding hydrogens is 493 g/mol. The topological polar surface area (TPSA) is 58.6 Å². The maximum atomic E-state index is 13.2. The fourth-order valence-corrected chi connectivity index (χ4v) is 4.75. The van der Waals surface area contributed by atoms with Gasteiger partial charge in [0.2, 0.25) is 5.91 Å². The van der Waals surface area contributed by atoms with E-state index in [4.69, 9.17) is 4.74 Å². The molecule has 1 heterocycles. The number of methoxy groups -OCH3 is 1. The Kier molecular flexibility index (Phi) is 8.09. The van der Waals surface area contributed by atoms with E-state index in [1.165, 1.54) is 18.7 Å². The van der Waals surface area contributed by atoms with Gasteiger partial charge in [0.05, 0.1) is 19.1 Å². The molecule has 0 atom stereocenters. The number of nitrogens with one attached hydrogen (secondary N) is 1. The van der Waals surface area contributed by atoms with Crippen LogP contribution in [0.4, 0.5) is 18.9 Å².